The molecule has 0 spiro atoms. The smallest absolute Gasteiger partial charge is 0.254 e. The van der Waals surface area contributed by atoms with Crippen LogP contribution in [-0.4, -0.2) is 50.2 Å². The fourth-order valence-electron chi connectivity index (χ4n) is 2.10. The molecule has 4 nitrogen and oxygen atoms in total. The number of nitrogens with zero attached hydrogens (tertiary/aromatic N) is 1. The summed E-state index contributed by atoms with van der Waals surface area (Å²) < 4.78 is 31.6. The molecule has 1 amide bonds. The van der Waals surface area contributed by atoms with Crippen LogP contribution in [0.5, 0.6) is 0 Å². The molecule has 1 heterocycles. The Morgan fingerprint density at radius 1 is 1.30 bits per heavy atom. The standard InChI is InChI=1S/C14H18F2N2O2/c15-12-4-1-3-11(13(12)16)14(19)17-5-2-6-18-7-9-20-10-8-18/h1,3-4H,2,5-10H2,(H,17,19). The largest absolute Gasteiger partial charge is 0.379 e. The molecule has 20 heavy (non-hydrogen) atoms. The number of hydrogen-bond donors (Lipinski definition) is 1. The summed E-state index contributed by atoms with van der Waals surface area (Å²) in [6.07, 6.45) is 0.767. The Hall–Kier alpha value is -1.53. The maximum absolute atomic E-state index is 13.4. The van der Waals surface area contributed by atoms with Gasteiger partial charge in [0.1, 0.15) is 0 Å². The van der Waals surface area contributed by atoms with Crippen molar-refractivity contribution >= 4 is 5.91 Å². The van der Waals surface area contributed by atoms with Crippen LogP contribution >= 0.6 is 0 Å². The van der Waals surface area contributed by atoms with Gasteiger partial charge in [-0.2, -0.15) is 0 Å². The van der Waals surface area contributed by atoms with Crippen LogP contribution in [0.25, 0.3) is 0 Å². The molecule has 1 aliphatic heterocycles. The monoisotopic (exact) mass is 284 g/mol. The van der Waals surface area contributed by atoms with E-state index >= 15 is 0 Å². The van der Waals surface area contributed by atoms with E-state index in [1.165, 1.54) is 12.1 Å². The average Bonchev–Trinajstić information content (AvgIpc) is 2.47. The molecule has 0 saturated carbocycles. The van der Waals surface area contributed by atoms with Crippen LogP contribution in [0.4, 0.5) is 8.78 Å². The molecule has 2 rings (SSSR count). The van der Waals surface area contributed by atoms with Crippen molar-refractivity contribution < 1.29 is 18.3 Å². The van der Waals surface area contributed by atoms with E-state index < -0.39 is 17.5 Å². The number of ether oxygens (including phenoxy) is 1. The Balaban J connectivity index is 1.73. The minimum absolute atomic E-state index is 0.253. The normalized spacial score (nSPS) is 16.1. The van der Waals surface area contributed by atoms with Gasteiger partial charge < -0.3 is 10.1 Å². The second-order valence-electron chi connectivity index (χ2n) is 4.66. The van der Waals surface area contributed by atoms with Gasteiger partial charge in [-0.15, -0.1) is 0 Å². The van der Waals surface area contributed by atoms with Gasteiger partial charge in [0.05, 0.1) is 18.8 Å². The Labute approximate surface area is 116 Å². The summed E-state index contributed by atoms with van der Waals surface area (Å²) in [7, 11) is 0. The zero-order chi connectivity index (χ0) is 14.4. The van der Waals surface area contributed by atoms with Crippen LogP contribution < -0.4 is 5.32 Å². The number of rotatable bonds is 5. The van der Waals surface area contributed by atoms with Gasteiger partial charge in [0, 0.05) is 19.6 Å². The van der Waals surface area contributed by atoms with E-state index in [1.54, 1.807) is 0 Å². The number of benzene rings is 1. The third-order valence-electron chi connectivity index (χ3n) is 3.24. The highest BCUT2D eigenvalue weighted by Crippen LogP contribution is 2.10. The van der Waals surface area contributed by atoms with E-state index in [-0.39, 0.29) is 5.56 Å². The molecule has 1 fully saturated rings. The van der Waals surface area contributed by atoms with Crippen molar-refractivity contribution in [1.82, 2.24) is 10.2 Å². The average molecular weight is 284 g/mol. The fourth-order valence-corrected chi connectivity index (χ4v) is 2.10. The molecular weight excluding hydrogens is 266 g/mol. The van der Waals surface area contributed by atoms with Crippen LogP contribution in [0.3, 0.4) is 0 Å². The van der Waals surface area contributed by atoms with Crippen LogP contribution in [0.1, 0.15) is 16.8 Å². The first kappa shape index (κ1) is 14.9. The van der Waals surface area contributed by atoms with Crippen molar-refractivity contribution in [2.24, 2.45) is 0 Å². The number of nitrogens with one attached hydrogen (secondary N) is 1. The van der Waals surface area contributed by atoms with Crippen molar-refractivity contribution in [3.8, 4) is 0 Å². The Morgan fingerprint density at radius 3 is 2.80 bits per heavy atom. The van der Waals surface area contributed by atoms with Gasteiger partial charge >= 0.3 is 0 Å². The van der Waals surface area contributed by atoms with E-state index in [2.05, 4.69) is 10.2 Å². The molecule has 0 aromatic heterocycles. The van der Waals surface area contributed by atoms with Gasteiger partial charge in [-0.05, 0) is 25.1 Å². The summed E-state index contributed by atoms with van der Waals surface area (Å²) in [6, 6.07) is 3.58. The second kappa shape index (κ2) is 7.31. The summed E-state index contributed by atoms with van der Waals surface area (Å²) >= 11 is 0. The molecule has 0 aliphatic carbocycles. The molecule has 1 aliphatic rings. The third kappa shape index (κ3) is 3.98. The van der Waals surface area contributed by atoms with Crippen molar-refractivity contribution in [1.29, 1.82) is 0 Å². The first-order valence-electron chi connectivity index (χ1n) is 6.71. The summed E-state index contributed by atoms with van der Waals surface area (Å²) in [6.45, 7) is 4.56. The van der Waals surface area contributed by atoms with Gasteiger partial charge in [0.25, 0.3) is 5.91 Å². The lowest BCUT2D eigenvalue weighted by Crippen LogP contribution is -2.38. The highest BCUT2D eigenvalue weighted by Gasteiger charge is 2.14. The van der Waals surface area contributed by atoms with Gasteiger partial charge in [-0.3, -0.25) is 9.69 Å². The molecule has 110 valence electrons. The Kier molecular flexibility index (Phi) is 5.43. The first-order valence-corrected chi connectivity index (χ1v) is 6.71. The zero-order valence-corrected chi connectivity index (χ0v) is 11.2. The lowest BCUT2D eigenvalue weighted by molar-refractivity contribution is 0.0374. The highest BCUT2D eigenvalue weighted by molar-refractivity contribution is 5.94. The lowest BCUT2D eigenvalue weighted by Gasteiger charge is -2.26. The zero-order valence-electron chi connectivity index (χ0n) is 11.2. The van der Waals surface area contributed by atoms with Gasteiger partial charge in [0.2, 0.25) is 0 Å². The summed E-state index contributed by atoms with van der Waals surface area (Å²) in [4.78, 5) is 14.0. The van der Waals surface area contributed by atoms with Gasteiger partial charge in [-0.1, -0.05) is 6.07 Å². The Morgan fingerprint density at radius 2 is 2.05 bits per heavy atom. The summed E-state index contributed by atoms with van der Waals surface area (Å²) in [5.74, 6) is -2.69. The predicted molar refractivity (Wildman–Crippen MR) is 70.6 cm³/mol. The van der Waals surface area contributed by atoms with Crippen molar-refractivity contribution in [2.45, 2.75) is 6.42 Å². The molecular formula is C14H18F2N2O2. The topological polar surface area (TPSA) is 41.6 Å². The third-order valence-corrected chi connectivity index (χ3v) is 3.24. The predicted octanol–water partition coefficient (Wildman–Crippen LogP) is 1.42. The summed E-state index contributed by atoms with van der Waals surface area (Å²) in [5.41, 5.74) is -0.253. The van der Waals surface area contributed by atoms with E-state index in [4.69, 9.17) is 4.74 Å². The fraction of sp³-hybridized carbons (Fsp3) is 0.500. The minimum atomic E-state index is -1.10. The molecule has 0 atom stereocenters. The maximum Gasteiger partial charge on any atom is 0.254 e. The second-order valence-corrected chi connectivity index (χ2v) is 4.66. The first-order chi connectivity index (χ1) is 9.68. The molecule has 0 bridgehead atoms. The molecule has 1 saturated heterocycles. The van der Waals surface area contributed by atoms with Crippen molar-refractivity contribution in [3.63, 3.8) is 0 Å². The SMILES string of the molecule is O=C(NCCCN1CCOCC1)c1cccc(F)c1F. The van der Waals surface area contributed by atoms with Gasteiger partial charge in [0.15, 0.2) is 11.6 Å². The molecule has 1 N–H and O–H groups in total. The van der Waals surface area contributed by atoms with Crippen molar-refractivity contribution in [2.75, 3.05) is 39.4 Å². The number of amides is 1. The Bertz CT molecular complexity index is 462. The molecule has 1 aromatic carbocycles. The number of halogens is 2. The number of carbonyl (C=O) groups excluding carboxylic acids is 1. The maximum atomic E-state index is 13.4. The molecule has 0 radical (unpaired) electrons. The number of hydrogen-bond acceptors (Lipinski definition) is 3. The lowest BCUT2D eigenvalue weighted by atomic mass is 10.2. The minimum Gasteiger partial charge on any atom is -0.379 e. The van der Waals surface area contributed by atoms with Crippen LogP contribution in [0.2, 0.25) is 0 Å². The van der Waals surface area contributed by atoms with E-state index in [1.807, 2.05) is 0 Å². The quantitative estimate of drug-likeness (QED) is 0.831. The van der Waals surface area contributed by atoms with E-state index in [0.717, 1.165) is 45.3 Å². The molecule has 1 aromatic rings. The summed E-state index contributed by atoms with van der Waals surface area (Å²) in [5, 5.41) is 2.60. The number of carbonyl (C=O) groups is 1. The van der Waals surface area contributed by atoms with Crippen LogP contribution in [0, 0.1) is 11.6 Å². The highest BCUT2D eigenvalue weighted by atomic mass is 19.2. The van der Waals surface area contributed by atoms with Crippen LogP contribution in [-0.2, 0) is 4.74 Å². The van der Waals surface area contributed by atoms with E-state index in [9.17, 15) is 13.6 Å². The van der Waals surface area contributed by atoms with Gasteiger partial charge in [-0.25, -0.2) is 8.78 Å². The number of morpholine rings is 1. The van der Waals surface area contributed by atoms with Crippen molar-refractivity contribution in [3.05, 3.63) is 35.4 Å². The van der Waals surface area contributed by atoms with Crippen LogP contribution in [0.15, 0.2) is 18.2 Å². The van der Waals surface area contributed by atoms with E-state index in [0.29, 0.717) is 6.54 Å². The molecule has 0 unspecified atom stereocenters. The molecule has 6 heteroatoms.